The van der Waals surface area contributed by atoms with Crippen LogP contribution < -0.4 is 5.32 Å². The second-order valence-corrected chi connectivity index (χ2v) is 6.92. The molecule has 1 aliphatic carbocycles. The summed E-state index contributed by atoms with van der Waals surface area (Å²) in [4.78, 5) is 18.1. The summed E-state index contributed by atoms with van der Waals surface area (Å²) in [5.74, 6) is -1.17. The zero-order valence-corrected chi connectivity index (χ0v) is 12.8. The van der Waals surface area contributed by atoms with Gasteiger partial charge in [0.2, 0.25) is 0 Å². The van der Waals surface area contributed by atoms with E-state index in [0.29, 0.717) is 6.42 Å². The number of hydrogen-bond acceptors (Lipinski definition) is 5. The van der Waals surface area contributed by atoms with Crippen LogP contribution in [0, 0.1) is 0 Å². The predicted octanol–water partition coefficient (Wildman–Crippen LogP) is 3.49. The van der Waals surface area contributed by atoms with Gasteiger partial charge in [0.25, 0.3) is 0 Å². The maximum atomic E-state index is 11.1. The lowest BCUT2D eigenvalue weighted by atomic mass is 10.1. The molecule has 0 saturated heterocycles. The number of carboxylic acids is 1. The molecule has 0 fully saturated rings. The average molecular weight is 308 g/mol. The summed E-state index contributed by atoms with van der Waals surface area (Å²) < 4.78 is 0. The molecule has 0 aliphatic heterocycles. The van der Waals surface area contributed by atoms with Gasteiger partial charge in [-0.25, -0.2) is 4.98 Å². The van der Waals surface area contributed by atoms with Gasteiger partial charge in [-0.15, -0.1) is 22.7 Å². The second-order valence-electron chi connectivity index (χ2n) is 4.83. The van der Waals surface area contributed by atoms with Crippen LogP contribution in [0.3, 0.4) is 0 Å². The number of rotatable bonds is 5. The van der Waals surface area contributed by atoms with Crippen molar-refractivity contribution in [1.29, 1.82) is 0 Å². The summed E-state index contributed by atoms with van der Waals surface area (Å²) in [6.45, 7) is 2.92. The van der Waals surface area contributed by atoms with Gasteiger partial charge in [0.05, 0.1) is 12.2 Å². The molecule has 2 N–H and O–H groups in total. The topological polar surface area (TPSA) is 62.2 Å². The lowest BCUT2D eigenvalue weighted by Gasteiger charge is -2.04. The number of nitrogens with zero attached hydrogens (tertiary/aromatic N) is 1. The lowest BCUT2D eigenvalue weighted by molar-refractivity contribution is -0.138. The number of aromatic nitrogens is 1. The average Bonchev–Trinajstić information content (AvgIpc) is 3.10. The van der Waals surface area contributed by atoms with E-state index in [9.17, 15) is 4.79 Å². The van der Waals surface area contributed by atoms with Gasteiger partial charge in [0.15, 0.2) is 5.13 Å². The van der Waals surface area contributed by atoms with Crippen molar-refractivity contribution >= 4 is 33.8 Å². The van der Waals surface area contributed by atoms with Crippen LogP contribution in [0.15, 0.2) is 11.4 Å². The molecule has 1 atom stereocenters. The highest BCUT2D eigenvalue weighted by Crippen LogP contribution is 2.38. The number of aliphatic carboxylic acids is 1. The largest absolute Gasteiger partial charge is 0.481 e. The Labute approximate surface area is 125 Å². The molecule has 106 valence electrons. The lowest BCUT2D eigenvalue weighted by Crippen LogP contribution is -2.09. The van der Waals surface area contributed by atoms with Gasteiger partial charge in [-0.05, 0) is 36.3 Å². The first kappa shape index (κ1) is 13.6. The van der Waals surface area contributed by atoms with Crippen LogP contribution in [0.4, 0.5) is 5.13 Å². The molecule has 4 nitrogen and oxygen atoms in total. The molecule has 1 unspecified atom stereocenters. The molecule has 2 aromatic heterocycles. The molecule has 2 heterocycles. The number of fused-ring (bicyclic) bond motifs is 1. The summed E-state index contributed by atoms with van der Waals surface area (Å²) in [6.07, 6.45) is 2.56. The summed E-state index contributed by atoms with van der Waals surface area (Å²) in [5.41, 5.74) is 2.14. The van der Waals surface area contributed by atoms with Crippen LogP contribution in [0.2, 0.25) is 0 Å². The number of aryl methyl sites for hydroxylation is 2. The molecule has 6 heteroatoms. The Bertz CT molecular complexity index is 633. The summed E-state index contributed by atoms with van der Waals surface area (Å²) >= 11 is 3.35. The van der Waals surface area contributed by atoms with Crippen molar-refractivity contribution in [1.82, 2.24) is 4.98 Å². The predicted molar refractivity (Wildman–Crippen MR) is 81.8 cm³/mol. The molecule has 0 bridgehead atoms. The van der Waals surface area contributed by atoms with Gasteiger partial charge in [0, 0.05) is 9.75 Å². The quantitative estimate of drug-likeness (QED) is 0.887. The summed E-state index contributed by atoms with van der Waals surface area (Å²) in [7, 11) is 0. The van der Waals surface area contributed by atoms with Gasteiger partial charge in [-0.2, -0.15) is 0 Å². The minimum absolute atomic E-state index is 0.412. The van der Waals surface area contributed by atoms with Gasteiger partial charge in [0.1, 0.15) is 5.92 Å². The van der Waals surface area contributed by atoms with Crippen molar-refractivity contribution in [2.75, 3.05) is 5.32 Å². The first-order chi connectivity index (χ1) is 9.69. The van der Waals surface area contributed by atoms with Crippen molar-refractivity contribution in [3.05, 3.63) is 32.5 Å². The van der Waals surface area contributed by atoms with Crippen LogP contribution in [-0.4, -0.2) is 16.1 Å². The Morgan fingerprint density at radius 3 is 3.20 bits per heavy atom. The van der Waals surface area contributed by atoms with E-state index in [-0.39, 0.29) is 0 Å². The van der Waals surface area contributed by atoms with Crippen molar-refractivity contribution < 1.29 is 9.90 Å². The van der Waals surface area contributed by atoms with E-state index >= 15 is 0 Å². The Kier molecular flexibility index (Phi) is 3.76. The Morgan fingerprint density at radius 2 is 2.45 bits per heavy atom. The van der Waals surface area contributed by atoms with Crippen LogP contribution in [0.5, 0.6) is 0 Å². The van der Waals surface area contributed by atoms with Gasteiger partial charge < -0.3 is 10.4 Å². The minimum Gasteiger partial charge on any atom is -0.481 e. The molecule has 0 saturated carbocycles. The third kappa shape index (κ3) is 2.45. The van der Waals surface area contributed by atoms with E-state index in [1.54, 1.807) is 22.7 Å². The maximum absolute atomic E-state index is 11.1. The molecule has 0 spiro atoms. The van der Waals surface area contributed by atoms with Gasteiger partial charge in [-0.1, -0.05) is 6.92 Å². The molecule has 0 radical (unpaired) electrons. The van der Waals surface area contributed by atoms with Crippen molar-refractivity contribution in [3.63, 3.8) is 0 Å². The fourth-order valence-electron chi connectivity index (χ4n) is 2.54. The number of carbonyl (C=O) groups is 1. The minimum atomic E-state index is -0.757. The third-order valence-corrected chi connectivity index (χ3v) is 5.69. The van der Waals surface area contributed by atoms with E-state index in [1.807, 2.05) is 0 Å². The SMILES string of the molecule is CCc1ccsc1CNc1nc2c(s1)CCC2C(=O)O. The highest BCUT2D eigenvalue weighted by Gasteiger charge is 2.32. The van der Waals surface area contributed by atoms with Crippen LogP contribution in [-0.2, 0) is 24.2 Å². The van der Waals surface area contributed by atoms with Crippen LogP contribution in [0.25, 0.3) is 0 Å². The number of nitrogens with one attached hydrogen (secondary N) is 1. The fourth-order valence-corrected chi connectivity index (χ4v) is 4.49. The summed E-state index contributed by atoms with van der Waals surface area (Å²) in [6, 6.07) is 2.16. The van der Waals surface area contributed by atoms with E-state index < -0.39 is 11.9 Å². The number of hydrogen-bond donors (Lipinski definition) is 2. The molecule has 2 aromatic rings. The van der Waals surface area contributed by atoms with Crippen molar-refractivity contribution in [2.45, 2.75) is 38.6 Å². The van der Waals surface area contributed by atoms with Crippen molar-refractivity contribution in [3.8, 4) is 0 Å². The number of thiophene rings is 1. The molecular formula is C14H16N2O2S2. The molecular weight excluding hydrogens is 292 g/mol. The van der Waals surface area contributed by atoms with Crippen LogP contribution in [0.1, 0.15) is 40.3 Å². The first-order valence-electron chi connectivity index (χ1n) is 6.70. The highest BCUT2D eigenvalue weighted by molar-refractivity contribution is 7.15. The van der Waals surface area contributed by atoms with E-state index in [4.69, 9.17) is 5.11 Å². The van der Waals surface area contributed by atoms with Gasteiger partial charge in [-0.3, -0.25) is 4.79 Å². The van der Waals surface area contributed by atoms with E-state index in [2.05, 4.69) is 28.7 Å². The monoisotopic (exact) mass is 308 g/mol. The third-order valence-electron chi connectivity index (χ3n) is 3.63. The number of carboxylic acid groups (broad SMARTS) is 1. The Morgan fingerprint density at radius 1 is 1.60 bits per heavy atom. The Balaban J connectivity index is 1.71. The molecule has 0 aromatic carbocycles. The van der Waals surface area contributed by atoms with Gasteiger partial charge >= 0.3 is 5.97 Å². The molecule has 0 amide bonds. The number of thiazole rings is 1. The van der Waals surface area contributed by atoms with E-state index in [1.165, 1.54) is 10.4 Å². The first-order valence-corrected chi connectivity index (χ1v) is 8.40. The zero-order valence-electron chi connectivity index (χ0n) is 11.2. The second kappa shape index (κ2) is 5.54. The maximum Gasteiger partial charge on any atom is 0.312 e. The van der Waals surface area contributed by atoms with Crippen molar-refractivity contribution in [2.24, 2.45) is 0 Å². The van der Waals surface area contributed by atoms with E-state index in [0.717, 1.165) is 35.1 Å². The Hall–Kier alpha value is -1.40. The number of anilines is 1. The highest BCUT2D eigenvalue weighted by atomic mass is 32.1. The molecule has 1 aliphatic rings. The summed E-state index contributed by atoms with van der Waals surface area (Å²) in [5, 5.41) is 15.5. The van der Waals surface area contributed by atoms with Crippen LogP contribution >= 0.6 is 22.7 Å². The molecule has 20 heavy (non-hydrogen) atoms. The standard InChI is InChI=1S/C14H16N2O2S2/c1-2-8-5-6-19-11(8)7-15-14-16-12-9(13(17)18)3-4-10(12)20-14/h5-6,9H,2-4,7H2,1H3,(H,15,16)(H,17,18). The fraction of sp³-hybridized carbons (Fsp3) is 0.429. The zero-order chi connectivity index (χ0) is 14.1. The smallest absolute Gasteiger partial charge is 0.312 e. The molecule has 3 rings (SSSR count). The normalized spacial score (nSPS) is 17.1.